The van der Waals surface area contributed by atoms with E-state index in [0.717, 1.165) is 12.1 Å². The third-order valence-electron chi connectivity index (χ3n) is 3.38. The van der Waals surface area contributed by atoms with E-state index in [1.54, 1.807) is 36.4 Å². The summed E-state index contributed by atoms with van der Waals surface area (Å²) in [6, 6.07) is 13.4. The average Bonchev–Trinajstić information content (AvgIpc) is 2.60. The van der Waals surface area contributed by atoms with Gasteiger partial charge in [0, 0.05) is 5.56 Å². The fraction of sp³-hybridized carbons (Fsp3) is 0.111. The van der Waals surface area contributed by atoms with Crippen molar-refractivity contribution in [2.75, 3.05) is 7.11 Å². The van der Waals surface area contributed by atoms with Crippen molar-refractivity contribution in [1.29, 1.82) is 10.5 Å². The first-order valence-corrected chi connectivity index (χ1v) is 8.72. The summed E-state index contributed by atoms with van der Waals surface area (Å²) in [6.45, 7) is 0. The molecule has 126 valence electrons. The Morgan fingerprint density at radius 3 is 2.40 bits per heavy atom. The zero-order valence-electron chi connectivity index (χ0n) is 13.2. The van der Waals surface area contributed by atoms with Crippen LogP contribution in [-0.4, -0.2) is 15.5 Å². The van der Waals surface area contributed by atoms with Crippen LogP contribution in [0.4, 0.5) is 4.39 Å². The van der Waals surface area contributed by atoms with Crippen LogP contribution in [0.5, 0.6) is 5.75 Å². The molecule has 0 atom stereocenters. The van der Waals surface area contributed by atoms with Gasteiger partial charge in [-0.15, -0.1) is 0 Å². The highest BCUT2D eigenvalue weighted by atomic mass is 32.2. The first-order valence-electron chi connectivity index (χ1n) is 7.07. The van der Waals surface area contributed by atoms with Crippen molar-refractivity contribution in [3.8, 4) is 17.9 Å². The number of sulfone groups is 1. The summed E-state index contributed by atoms with van der Waals surface area (Å²) in [6.07, 6.45) is 0.968. The van der Waals surface area contributed by atoms with E-state index in [-0.39, 0.29) is 11.1 Å². The van der Waals surface area contributed by atoms with Crippen LogP contribution in [0.3, 0.4) is 0 Å². The molecule has 2 rings (SSSR count). The van der Waals surface area contributed by atoms with Crippen LogP contribution in [0.25, 0.3) is 6.08 Å². The van der Waals surface area contributed by atoms with Crippen LogP contribution in [-0.2, 0) is 15.6 Å². The third kappa shape index (κ3) is 4.43. The van der Waals surface area contributed by atoms with Crippen molar-refractivity contribution >= 4 is 15.9 Å². The fourth-order valence-corrected chi connectivity index (χ4v) is 3.30. The lowest BCUT2D eigenvalue weighted by molar-refractivity contribution is 0.414. The minimum atomic E-state index is -3.95. The molecule has 2 aromatic carbocycles. The summed E-state index contributed by atoms with van der Waals surface area (Å²) in [5.41, 5.74) is 0.505. The molecule has 0 aliphatic rings. The molecule has 0 spiro atoms. The van der Waals surface area contributed by atoms with E-state index in [1.807, 2.05) is 0 Å². The number of nitriles is 2. The minimum absolute atomic E-state index is 0.0751. The van der Waals surface area contributed by atoms with Gasteiger partial charge in [-0.2, -0.15) is 10.5 Å². The monoisotopic (exact) mass is 356 g/mol. The summed E-state index contributed by atoms with van der Waals surface area (Å²) >= 11 is 0. The molecule has 0 N–H and O–H groups in total. The van der Waals surface area contributed by atoms with Crippen molar-refractivity contribution in [3.63, 3.8) is 0 Å². The molecule has 0 heterocycles. The first kappa shape index (κ1) is 18.2. The largest absolute Gasteiger partial charge is 0.497 e. The molecule has 0 unspecified atom stereocenters. The van der Waals surface area contributed by atoms with Crippen molar-refractivity contribution in [2.45, 2.75) is 5.75 Å². The molecular weight excluding hydrogens is 343 g/mol. The van der Waals surface area contributed by atoms with Gasteiger partial charge in [-0.25, -0.2) is 12.8 Å². The van der Waals surface area contributed by atoms with Crippen LogP contribution in [0, 0.1) is 28.5 Å². The Bertz CT molecular complexity index is 998. The Balaban J connectivity index is 2.34. The molecule has 0 saturated carbocycles. The lowest BCUT2D eigenvalue weighted by Crippen LogP contribution is -2.06. The van der Waals surface area contributed by atoms with Gasteiger partial charge in [-0.3, -0.25) is 0 Å². The highest BCUT2D eigenvalue weighted by Crippen LogP contribution is 2.21. The van der Waals surface area contributed by atoms with E-state index in [2.05, 4.69) is 0 Å². The molecule has 0 fully saturated rings. The summed E-state index contributed by atoms with van der Waals surface area (Å²) in [5.74, 6) is -0.586. The minimum Gasteiger partial charge on any atom is -0.497 e. The van der Waals surface area contributed by atoms with E-state index < -0.39 is 26.3 Å². The normalized spacial score (nSPS) is 11.4. The van der Waals surface area contributed by atoms with Crippen molar-refractivity contribution in [1.82, 2.24) is 0 Å². The number of nitrogens with zero attached hydrogens (tertiary/aromatic N) is 2. The average molecular weight is 356 g/mol. The van der Waals surface area contributed by atoms with Crippen LogP contribution < -0.4 is 4.74 Å². The zero-order chi connectivity index (χ0) is 18.4. The van der Waals surface area contributed by atoms with E-state index >= 15 is 0 Å². The Morgan fingerprint density at radius 1 is 1.20 bits per heavy atom. The molecule has 2 aromatic rings. The number of hydrogen-bond acceptors (Lipinski definition) is 5. The number of methoxy groups -OCH3 is 1. The summed E-state index contributed by atoms with van der Waals surface area (Å²) in [5, 5.41) is 17.9. The number of allylic oxidation sites excluding steroid dienone is 1. The molecule has 0 aliphatic carbocycles. The zero-order valence-corrected chi connectivity index (χ0v) is 14.0. The molecule has 0 aliphatic heterocycles. The number of ether oxygens (including phenoxy) is 1. The van der Waals surface area contributed by atoms with Gasteiger partial charge in [0.15, 0.2) is 9.84 Å². The maximum absolute atomic E-state index is 13.9. The van der Waals surface area contributed by atoms with E-state index in [1.165, 1.54) is 19.2 Å². The molecule has 0 radical (unpaired) electrons. The standard InChI is InChI=1S/C18H13FN2O3S/c1-24-16-6-3-13(4-7-16)12-25(22,23)17(11-21)9-15-5-2-14(10-20)8-18(15)19/h2-9H,12H2,1H3. The van der Waals surface area contributed by atoms with Gasteiger partial charge in [0.25, 0.3) is 0 Å². The number of benzene rings is 2. The second kappa shape index (κ2) is 7.61. The topological polar surface area (TPSA) is 90.9 Å². The number of halogens is 1. The van der Waals surface area contributed by atoms with Gasteiger partial charge in [-0.05, 0) is 35.9 Å². The molecule has 0 saturated heterocycles. The molecular formula is C18H13FN2O3S. The van der Waals surface area contributed by atoms with Gasteiger partial charge in [0.1, 0.15) is 22.5 Å². The molecule has 25 heavy (non-hydrogen) atoms. The van der Waals surface area contributed by atoms with Gasteiger partial charge in [-0.1, -0.05) is 18.2 Å². The summed E-state index contributed by atoms with van der Waals surface area (Å²) < 4.78 is 43.8. The van der Waals surface area contributed by atoms with Crippen LogP contribution in [0.1, 0.15) is 16.7 Å². The quantitative estimate of drug-likeness (QED) is 0.767. The van der Waals surface area contributed by atoms with E-state index in [9.17, 15) is 18.1 Å². The molecule has 0 bridgehead atoms. The molecule has 0 amide bonds. The van der Waals surface area contributed by atoms with Gasteiger partial charge >= 0.3 is 0 Å². The second-order valence-corrected chi connectivity index (χ2v) is 7.03. The Morgan fingerprint density at radius 2 is 1.88 bits per heavy atom. The highest BCUT2D eigenvalue weighted by molar-refractivity contribution is 7.95. The van der Waals surface area contributed by atoms with Crippen LogP contribution in [0.15, 0.2) is 47.4 Å². The number of hydrogen-bond donors (Lipinski definition) is 0. The number of rotatable bonds is 5. The molecule has 7 heteroatoms. The predicted octanol–water partition coefficient (Wildman–Crippen LogP) is 3.19. The van der Waals surface area contributed by atoms with Crippen molar-refractivity contribution in [2.24, 2.45) is 0 Å². The van der Waals surface area contributed by atoms with Crippen LogP contribution >= 0.6 is 0 Å². The maximum atomic E-state index is 13.9. The maximum Gasteiger partial charge on any atom is 0.192 e. The van der Waals surface area contributed by atoms with Gasteiger partial charge in [0.2, 0.25) is 0 Å². The fourth-order valence-electron chi connectivity index (χ4n) is 2.07. The van der Waals surface area contributed by atoms with Crippen molar-refractivity contribution < 1.29 is 17.5 Å². The van der Waals surface area contributed by atoms with Crippen LogP contribution in [0.2, 0.25) is 0 Å². The predicted molar refractivity (Wildman–Crippen MR) is 90.3 cm³/mol. The van der Waals surface area contributed by atoms with Crippen molar-refractivity contribution in [3.05, 3.63) is 69.9 Å². The summed E-state index contributed by atoms with van der Waals surface area (Å²) in [7, 11) is -2.45. The molecule has 5 nitrogen and oxygen atoms in total. The Kier molecular flexibility index (Phi) is 5.53. The van der Waals surface area contributed by atoms with Gasteiger partial charge < -0.3 is 4.74 Å². The lowest BCUT2D eigenvalue weighted by Gasteiger charge is -2.05. The van der Waals surface area contributed by atoms with Gasteiger partial charge in [0.05, 0.1) is 24.5 Å². The third-order valence-corrected chi connectivity index (χ3v) is 4.97. The van der Waals surface area contributed by atoms with E-state index in [4.69, 9.17) is 10.00 Å². The molecule has 0 aromatic heterocycles. The van der Waals surface area contributed by atoms with E-state index in [0.29, 0.717) is 11.3 Å². The Labute approximate surface area is 145 Å². The highest BCUT2D eigenvalue weighted by Gasteiger charge is 2.19. The second-order valence-electron chi connectivity index (χ2n) is 5.08. The lowest BCUT2D eigenvalue weighted by atomic mass is 10.1. The SMILES string of the molecule is COc1ccc(CS(=O)(=O)C(C#N)=Cc2ccc(C#N)cc2F)cc1. The Hall–Kier alpha value is -3.16. The summed E-state index contributed by atoms with van der Waals surface area (Å²) in [4.78, 5) is -0.549. The smallest absolute Gasteiger partial charge is 0.192 e. The first-order chi connectivity index (χ1) is 11.9.